The number of carbonyl (C=O) groups excluding carboxylic acids is 1. The van der Waals surface area contributed by atoms with Gasteiger partial charge in [-0.2, -0.15) is 13.2 Å². The van der Waals surface area contributed by atoms with Gasteiger partial charge in [0.25, 0.3) is 5.91 Å². The van der Waals surface area contributed by atoms with Crippen molar-refractivity contribution in [2.45, 2.75) is 12.3 Å². The molecule has 1 unspecified atom stereocenters. The van der Waals surface area contributed by atoms with E-state index < -0.39 is 24.7 Å². The van der Waals surface area contributed by atoms with Crippen molar-refractivity contribution in [3.8, 4) is 0 Å². The second-order valence-electron chi connectivity index (χ2n) is 4.21. The Balaban J connectivity index is 2.66. The van der Waals surface area contributed by atoms with Gasteiger partial charge in [-0.05, 0) is 18.2 Å². The molecule has 7 heteroatoms. The van der Waals surface area contributed by atoms with Crippen LogP contribution in [0.3, 0.4) is 0 Å². The van der Waals surface area contributed by atoms with Gasteiger partial charge in [0.1, 0.15) is 0 Å². The van der Waals surface area contributed by atoms with Gasteiger partial charge in [-0.3, -0.25) is 4.79 Å². The van der Waals surface area contributed by atoms with Gasteiger partial charge in [-0.1, -0.05) is 6.07 Å². The molecule has 0 bridgehead atoms. The molecule has 0 saturated carbocycles. The summed E-state index contributed by atoms with van der Waals surface area (Å²) >= 11 is 0. The minimum absolute atomic E-state index is 0.237. The van der Waals surface area contributed by atoms with Gasteiger partial charge in [0.15, 0.2) is 6.10 Å². The predicted octanol–water partition coefficient (Wildman–Crippen LogP) is 1.41. The topological polar surface area (TPSA) is 52.6 Å². The smallest absolute Gasteiger partial charge is 0.382 e. The van der Waals surface area contributed by atoms with Crippen molar-refractivity contribution in [3.05, 3.63) is 29.8 Å². The molecule has 0 aromatic heterocycles. The van der Waals surface area contributed by atoms with Crippen molar-refractivity contribution < 1.29 is 23.1 Å². The Morgan fingerprint density at radius 1 is 1.42 bits per heavy atom. The van der Waals surface area contributed by atoms with Crippen molar-refractivity contribution in [2.75, 3.05) is 25.5 Å². The number of hydrogen-bond donors (Lipinski definition) is 2. The molecular weight excluding hydrogens is 261 g/mol. The van der Waals surface area contributed by atoms with E-state index in [9.17, 15) is 18.0 Å². The number of halogens is 3. The number of rotatable bonds is 4. The average Bonchev–Trinajstić information content (AvgIpc) is 2.34. The van der Waals surface area contributed by atoms with Gasteiger partial charge in [-0.25, -0.2) is 0 Å². The van der Waals surface area contributed by atoms with Crippen molar-refractivity contribution in [3.63, 3.8) is 0 Å². The van der Waals surface area contributed by atoms with Crippen LogP contribution in [0.4, 0.5) is 18.9 Å². The Hall–Kier alpha value is -1.76. The number of amides is 1. The van der Waals surface area contributed by atoms with Gasteiger partial charge >= 0.3 is 6.18 Å². The molecule has 0 fully saturated rings. The van der Waals surface area contributed by atoms with Gasteiger partial charge in [-0.15, -0.1) is 0 Å². The molecular formula is C12H15F3N2O2. The highest BCUT2D eigenvalue weighted by Gasteiger charge is 2.38. The molecule has 1 rings (SSSR count). The van der Waals surface area contributed by atoms with E-state index in [1.54, 1.807) is 37.2 Å². The summed E-state index contributed by atoms with van der Waals surface area (Å²) in [5, 5.41) is 10.8. The maximum absolute atomic E-state index is 12.1. The molecule has 1 aromatic carbocycles. The lowest BCUT2D eigenvalue weighted by Crippen LogP contribution is -2.40. The molecule has 0 aliphatic rings. The van der Waals surface area contributed by atoms with Crippen molar-refractivity contribution in [2.24, 2.45) is 0 Å². The maximum atomic E-state index is 12.1. The highest BCUT2D eigenvalue weighted by atomic mass is 19.4. The third-order valence-electron chi connectivity index (χ3n) is 2.46. The molecule has 19 heavy (non-hydrogen) atoms. The summed E-state index contributed by atoms with van der Waals surface area (Å²) in [7, 11) is 3.56. The lowest BCUT2D eigenvalue weighted by atomic mass is 10.1. The summed E-state index contributed by atoms with van der Waals surface area (Å²) < 4.78 is 36.2. The fourth-order valence-corrected chi connectivity index (χ4v) is 1.33. The SMILES string of the molecule is CN(C)c1cccc(C(=O)NCC(O)C(F)(F)F)c1. The van der Waals surface area contributed by atoms with E-state index in [1.807, 2.05) is 5.32 Å². The molecule has 0 aliphatic heterocycles. The standard InChI is InChI=1S/C12H15F3N2O2/c1-17(2)9-5-3-4-8(6-9)11(19)16-7-10(18)12(13,14)15/h3-6,10,18H,7H2,1-2H3,(H,16,19). The molecule has 0 heterocycles. The number of alkyl halides is 3. The number of aliphatic hydroxyl groups is 1. The molecule has 1 atom stereocenters. The average molecular weight is 276 g/mol. The Kier molecular flexibility index (Phi) is 4.77. The van der Waals surface area contributed by atoms with Gasteiger partial charge in [0, 0.05) is 25.3 Å². The first-order valence-electron chi connectivity index (χ1n) is 5.52. The number of hydrogen-bond acceptors (Lipinski definition) is 3. The fraction of sp³-hybridized carbons (Fsp3) is 0.417. The van der Waals surface area contributed by atoms with Crippen LogP contribution in [0.5, 0.6) is 0 Å². The predicted molar refractivity (Wildman–Crippen MR) is 65.2 cm³/mol. The van der Waals surface area contributed by atoms with Crippen LogP contribution < -0.4 is 10.2 Å². The normalized spacial score (nSPS) is 12.9. The number of carbonyl (C=O) groups is 1. The number of nitrogens with one attached hydrogen (secondary N) is 1. The van der Waals surface area contributed by atoms with Crippen LogP contribution in [-0.4, -0.2) is 43.9 Å². The quantitative estimate of drug-likeness (QED) is 0.874. The number of nitrogens with zero attached hydrogens (tertiary/aromatic N) is 1. The van der Waals surface area contributed by atoms with Crippen LogP contribution in [0.1, 0.15) is 10.4 Å². The number of benzene rings is 1. The van der Waals surface area contributed by atoms with E-state index in [1.165, 1.54) is 6.07 Å². The van der Waals surface area contributed by atoms with Gasteiger partial charge in [0.2, 0.25) is 0 Å². The Labute approximate surface area is 108 Å². The molecule has 0 saturated heterocycles. The lowest BCUT2D eigenvalue weighted by Gasteiger charge is -2.16. The summed E-state index contributed by atoms with van der Waals surface area (Å²) in [6.45, 7) is -0.867. The number of anilines is 1. The monoisotopic (exact) mass is 276 g/mol. The van der Waals surface area contributed by atoms with E-state index in [0.717, 1.165) is 5.69 Å². The first-order valence-corrected chi connectivity index (χ1v) is 5.52. The molecule has 2 N–H and O–H groups in total. The van der Waals surface area contributed by atoms with E-state index >= 15 is 0 Å². The van der Waals surface area contributed by atoms with Crippen LogP contribution in [0.25, 0.3) is 0 Å². The van der Waals surface area contributed by atoms with Gasteiger partial charge in [0.05, 0.1) is 6.54 Å². The Morgan fingerprint density at radius 3 is 2.58 bits per heavy atom. The summed E-state index contributed by atoms with van der Waals surface area (Å²) in [6.07, 6.45) is -7.30. The van der Waals surface area contributed by atoms with Crippen LogP contribution in [-0.2, 0) is 0 Å². The highest BCUT2D eigenvalue weighted by molar-refractivity contribution is 5.95. The lowest BCUT2D eigenvalue weighted by molar-refractivity contribution is -0.201. The van der Waals surface area contributed by atoms with Crippen LogP contribution in [0.2, 0.25) is 0 Å². The highest BCUT2D eigenvalue weighted by Crippen LogP contribution is 2.19. The molecule has 0 spiro atoms. The Morgan fingerprint density at radius 2 is 2.05 bits per heavy atom. The Bertz CT molecular complexity index is 447. The third-order valence-corrected chi connectivity index (χ3v) is 2.46. The maximum Gasteiger partial charge on any atom is 0.416 e. The molecule has 106 valence electrons. The van der Waals surface area contributed by atoms with Crippen molar-refractivity contribution in [1.29, 1.82) is 0 Å². The summed E-state index contributed by atoms with van der Waals surface area (Å²) in [5.41, 5.74) is 0.990. The largest absolute Gasteiger partial charge is 0.416 e. The van der Waals surface area contributed by atoms with Gasteiger partial charge < -0.3 is 15.3 Å². The summed E-state index contributed by atoms with van der Waals surface area (Å²) in [5.74, 6) is -0.660. The van der Waals surface area contributed by atoms with Crippen molar-refractivity contribution >= 4 is 11.6 Å². The van der Waals surface area contributed by atoms with Crippen LogP contribution >= 0.6 is 0 Å². The molecule has 0 radical (unpaired) electrons. The summed E-state index contributed by atoms with van der Waals surface area (Å²) in [6, 6.07) is 6.43. The zero-order valence-corrected chi connectivity index (χ0v) is 10.5. The van der Waals surface area contributed by atoms with E-state index in [-0.39, 0.29) is 5.56 Å². The third kappa shape index (κ3) is 4.44. The minimum Gasteiger partial charge on any atom is -0.382 e. The second-order valence-corrected chi connectivity index (χ2v) is 4.21. The number of aliphatic hydroxyl groups excluding tert-OH is 1. The molecule has 1 amide bonds. The molecule has 4 nitrogen and oxygen atoms in total. The molecule has 0 aliphatic carbocycles. The second kappa shape index (κ2) is 5.92. The van der Waals surface area contributed by atoms with E-state index in [0.29, 0.717) is 0 Å². The van der Waals surface area contributed by atoms with Crippen molar-refractivity contribution in [1.82, 2.24) is 5.32 Å². The summed E-state index contributed by atoms with van der Waals surface area (Å²) in [4.78, 5) is 13.4. The first-order chi connectivity index (χ1) is 8.71. The zero-order valence-electron chi connectivity index (χ0n) is 10.5. The molecule has 1 aromatic rings. The van der Waals surface area contributed by atoms with E-state index in [2.05, 4.69) is 0 Å². The minimum atomic E-state index is -4.74. The van der Waals surface area contributed by atoms with Crippen LogP contribution in [0.15, 0.2) is 24.3 Å². The fourth-order valence-electron chi connectivity index (χ4n) is 1.33. The first kappa shape index (κ1) is 15.3. The van der Waals surface area contributed by atoms with E-state index in [4.69, 9.17) is 5.11 Å². The van der Waals surface area contributed by atoms with Crippen LogP contribution in [0, 0.1) is 0 Å². The zero-order chi connectivity index (χ0) is 14.6.